The third-order valence-electron chi connectivity index (χ3n) is 3.06. The van der Waals surface area contributed by atoms with Gasteiger partial charge in [0.15, 0.2) is 5.82 Å². The van der Waals surface area contributed by atoms with E-state index >= 15 is 0 Å². The number of anilines is 1. The van der Waals surface area contributed by atoms with Gasteiger partial charge in [0.05, 0.1) is 22.2 Å². The van der Waals surface area contributed by atoms with E-state index in [0.717, 1.165) is 5.56 Å². The summed E-state index contributed by atoms with van der Waals surface area (Å²) in [5.41, 5.74) is 1.11. The molecule has 2 heterocycles. The fourth-order valence-electron chi connectivity index (χ4n) is 1.96. The molecule has 0 unspecified atom stereocenters. The number of carbonyl (C=O) groups excluding carboxylic acids is 1. The minimum atomic E-state index is -0.420. The van der Waals surface area contributed by atoms with Crippen LogP contribution in [0.5, 0.6) is 0 Å². The summed E-state index contributed by atoms with van der Waals surface area (Å²) in [6.45, 7) is 0.485. The minimum absolute atomic E-state index is 0.180. The highest BCUT2D eigenvalue weighted by Crippen LogP contribution is 2.23. The summed E-state index contributed by atoms with van der Waals surface area (Å²) in [6.07, 6.45) is 3.12. The van der Waals surface area contributed by atoms with Gasteiger partial charge < -0.3 is 5.32 Å². The average Bonchev–Trinajstić information content (AvgIpc) is 3.08. The predicted molar refractivity (Wildman–Crippen MR) is 92.0 cm³/mol. The van der Waals surface area contributed by atoms with Crippen LogP contribution >= 0.6 is 39.1 Å². The number of aromatic nitrogens is 4. The van der Waals surface area contributed by atoms with Crippen molar-refractivity contribution in [2.45, 2.75) is 6.54 Å². The largest absolute Gasteiger partial charge is 0.303 e. The van der Waals surface area contributed by atoms with Crippen molar-refractivity contribution in [3.05, 3.63) is 62.4 Å². The highest BCUT2D eigenvalue weighted by molar-refractivity contribution is 9.10. The van der Waals surface area contributed by atoms with Crippen molar-refractivity contribution in [3.8, 4) is 0 Å². The molecule has 2 aromatic heterocycles. The number of H-pyrrole nitrogens is 1. The number of nitrogens with one attached hydrogen (secondary N) is 2. The van der Waals surface area contributed by atoms with Gasteiger partial charge in [-0.2, -0.15) is 10.2 Å². The van der Waals surface area contributed by atoms with Gasteiger partial charge in [0.1, 0.15) is 5.69 Å². The van der Waals surface area contributed by atoms with Crippen molar-refractivity contribution in [1.82, 2.24) is 20.0 Å². The van der Waals surface area contributed by atoms with Crippen LogP contribution in [-0.4, -0.2) is 25.9 Å². The van der Waals surface area contributed by atoms with Gasteiger partial charge in [-0.1, -0.05) is 41.4 Å². The second-order valence-corrected chi connectivity index (χ2v) is 6.33. The molecule has 0 spiro atoms. The number of aromatic amines is 1. The lowest BCUT2D eigenvalue weighted by atomic mass is 10.2. The van der Waals surface area contributed by atoms with Crippen LogP contribution in [0.1, 0.15) is 16.1 Å². The molecule has 2 N–H and O–H groups in total. The molecule has 1 amide bonds. The van der Waals surface area contributed by atoms with E-state index in [1.807, 2.05) is 24.3 Å². The van der Waals surface area contributed by atoms with Crippen molar-refractivity contribution in [3.63, 3.8) is 0 Å². The monoisotopic (exact) mass is 413 g/mol. The molecule has 6 nitrogen and oxygen atoms in total. The summed E-state index contributed by atoms with van der Waals surface area (Å²) in [5, 5.41) is 14.1. The molecule has 0 aliphatic heterocycles. The van der Waals surface area contributed by atoms with Gasteiger partial charge in [-0.15, -0.1) is 0 Å². The van der Waals surface area contributed by atoms with E-state index < -0.39 is 5.91 Å². The van der Waals surface area contributed by atoms with E-state index in [1.54, 1.807) is 10.9 Å². The molecule has 0 aliphatic rings. The van der Waals surface area contributed by atoms with Gasteiger partial charge in [0.25, 0.3) is 5.91 Å². The first-order valence-corrected chi connectivity index (χ1v) is 8.06. The molecule has 0 atom stereocenters. The molecule has 23 heavy (non-hydrogen) atoms. The molecular formula is C14H10BrCl2N5O. The Morgan fingerprint density at radius 3 is 2.78 bits per heavy atom. The molecule has 9 heteroatoms. The van der Waals surface area contributed by atoms with Crippen LogP contribution in [0.15, 0.2) is 41.1 Å². The SMILES string of the molecule is O=C(Nc1nn(Cc2ccccc2Cl)cc1Br)c1[nH]ncc1Cl. The standard InChI is InChI=1S/C14H10BrCl2N5O/c15-9-7-22(6-8-3-1-2-4-10(8)16)21-13(9)19-14(23)12-11(17)5-18-20-12/h1-5,7H,6H2,(H,18,20)(H,19,21,23). The van der Waals surface area contributed by atoms with Gasteiger partial charge in [-0.3, -0.25) is 14.6 Å². The zero-order chi connectivity index (χ0) is 16.4. The third kappa shape index (κ3) is 3.57. The summed E-state index contributed by atoms with van der Waals surface area (Å²) in [7, 11) is 0. The number of hydrogen-bond donors (Lipinski definition) is 2. The first kappa shape index (κ1) is 16.0. The molecule has 1 aromatic carbocycles. The molecule has 3 rings (SSSR count). The Bertz CT molecular complexity index is 860. The van der Waals surface area contributed by atoms with E-state index in [0.29, 0.717) is 21.9 Å². The number of carbonyl (C=O) groups is 1. The van der Waals surface area contributed by atoms with Gasteiger partial charge in [0, 0.05) is 11.2 Å². The van der Waals surface area contributed by atoms with E-state index in [4.69, 9.17) is 23.2 Å². The smallest absolute Gasteiger partial charge is 0.276 e. The zero-order valence-corrected chi connectivity index (χ0v) is 14.7. The Hall–Kier alpha value is -1.83. The Morgan fingerprint density at radius 1 is 1.30 bits per heavy atom. The van der Waals surface area contributed by atoms with Crippen LogP contribution in [0.3, 0.4) is 0 Å². The number of amides is 1. The lowest BCUT2D eigenvalue weighted by molar-refractivity contribution is 0.102. The van der Waals surface area contributed by atoms with Gasteiger partial charge >= 0.3 is 0 Å². The maximum atomic E-state index is 12.1. The number of benzene rings is 1. The number of nitrogens with zero attached hydrogens (tertiary/aromatic N) is 3. The Labute approximate surface area is 149 Å². The lowest BCUT2D eigenvalue weighted by Gasteiger charge is -2.04. The van der Waals surface area contributed by atoms with Crippen molar-refractivity contribution in [2.24, 2.45) is 0 Å². The first-order chi connectivity index (χ1) is 11.0. The molecule has 0 fully saturated rings. The van der Waals surface area contributed by atoms with Gasteiger partial charge in [-0.05, 0) is 27.6 Å². The average molecular weight is 415 g/mol. The quantitative estimate of drug-likeness (QED) is 0.677. The van der Waals surface area contributed by atoms with Crippen molar-refractivity contribution in [1.29, 1.82) is 0 Å². The number of halogens is 3. The predicted octanol–water partition coefficient (Wildman–Crippen LogP) is 3.98. The molecule has 118 valence electrons. The minimum Gasteiger partial charge on any atom is -0.303 e. The second-order valence-electron chi connectivity index (χ2n) is 4.66. The maximum absolute atomic E-state index is 12.1. The Balaban J connectivity index is 1.78. The van der Waals surface area contributed by atoms with Crippen LogP contribution in [0.25, 0.3) is 0 Å². The highest BCUT2D eigenvalue weighted by Gasteiger charge is 2.16. The van der Waals surface area contributed by atoms with Gasteiger partial charge in [-0.25, -0.2) is 0 Å². The van der Waals surface area contributed by atoms with Crippen molar-refractivity contribution < 1.29 is 4.79 Å². The lowest BCUT2D eigenvalue weighted by Crippen LogP contribution is -2.14. The summed E-state index contributed by atoms with van der Waals surface area (Å²) in [4.78, 5) is 12.1. The van der Waals surface area contributed by atoms with E-state index in [-0.39, 0.29) is 10.7 Å². The molecule has 3 aromatic rings. The van der Waals surface area contributed by atoms with Crippen LogP contribution < -0.4 is 5.32 Å². The Kier molecular flexibility index (Phi) is 4.70. The Morgan fingerprint density at radius 2 is 2.09 bits per heavy atom. The molecule has 0 aliphatic carbocycles. The summed E-state index contributed by atoms with van der Waals surface area (Å²) in [5.74, 6) is -0.0380. The van der Waals surface area contributed by atoms with E-state index in [9.17, 15) is 4.79 Å². The maximum Gasteiger partial charge on any atom is 0.276 e. The van der Waals surface area contributed by atoms with Crippen molar-refractivity contribution in [2.75, 3.05) is 5.32 Å². The topological polar surface area (TPSA) is 75.6 Å². The molecule has 0 saturated carbocycles. The molecule has 0 bridgehead atoms. The van der Waals surface area contributed by atoms with Crippen LogP contribution in [0.4, 0.5) is 5.82 Å². The van der Waals surface area contributed by atoms with E-state index in [1.165, 1.54) is 6.20 Å². The van der Waals surface area contributed by atoms with Crippen LogP contribution in [0.2, 0.25) is 10.0 Å². The van der Waals surface area contributed by atoms with Crippen molar-refractivity contribution >= 4 is 50.9 Å². The molecule has 0 radical (unpaired) electrons. The van der Waals surface area contributed by atoms with Crippen LogP contribution in [-0.2, 0) is 6.54 Å². The fraction of sp³-hybridized carbons (Fsp3) is 0.0714. The van der Waals surface area contributed by atoms with Crippen LogP contribution in [0, 0.1) is 0 Å². The third-order valence-corrected chi connectivity index (χ3v) is 4.29. The normalized spacial score (nSPS) is 10.7. The molecule has 0 saturated heterocycles. The second kappa shape index (κ2) is 6.74. The highest BCUT2D eigenvalue weighted by atomic mass is 79.9. The number of rotatable bonds is 4. The summed E-state index contributed by atoms with van der Waals surface area (Å²) in [6, 6.07) is 7.51. The zero-order valence-electron chi connectivity index (χ0n) is 11.6. The van der Waals surface area contributed by atoms with Gasteiger partial charge in [0.2, 0.25) is 0 Å². The first-order valence-electron chi connectivity index (χ1n) is 6.51. The summed E-state index contributed by atoms with van der Waals surface area (Å²) < 4.78 is 2.32. The fourth-order valence-corrected chi connectivity index (χ4v) is 2.75. The number of hydrogen-bond acceptors (Lipinski definition) is 3. The van der Waals surface area contributed by atoms with E-state index in [2.05, 4.69) is 36.5 Å². The molecular weight excluding hydrogens is 405 g/mol. The summed E-state index contributed by atoms with van der Waals surface area (Å²) >= 11 is 15.4.